The number of fused-ring (bicyclic) bond motifs is 1. The zero-order chi connectivity index (χ0) is 28.3. The van der Waals surface area contributed by atoms with Gasteiger partial charge in [-0.05, 0) is 97.3 Å². The molecule has 4 aliphatic rings. The number of nitrogens with one attached hydrogen (secondary N) is 2. The van der Waals surface area contributed by atoms with E-state index in [1.54, 1.807) is 12.1 Å². The number of nitrogens with zero attached hydrogens (tertiary/aromatic N) is 2. The highest BCUT2D eigenvalue weighted by Crippen LogP contribution is 2.60. The number of aromatic hydroxyl groups is 1. The Morgan fingerprint density at radius 2 is 1.68 bits per heavy atom. The summed E-state index contributed by atoms with van der Waals surface area (Å²) in [6.45, 7) is 1.99. The number of aryl methyl sites for hydroxylation is 1. The Morgan fingerprint density at radius 3 is 2.39 bits per heavy atom. The molecule has 8 heteroatoms. The van der Waals surface area contributed by atoms with Gasteiger partial charge in [-0.2, -0.15) is 0 Å². The average Bonchev–Trinajstić information content (AvgIpc) is 2.93. The fourth-order valence-corrected chi connectivity index (χ4v) is 8.15. The number of anilines is 1. The van der Waals surface area contributed by atoms with Crippen LogP contribution in [0.3, 0.4) is 0 Å². The van der Waals surface area contributed by atoms with Gasteiger partial charge in [-0.25, -0.2) is 19.1 Å². The fourth-order valence-electron chi connectivity index (χ4n) is 8.15. The van der Waals surface area contributed by atoms with Gasteiger partial charge >= 0.3 is 11.7 Å². The molecule has 3 aromatic carbocycles. The number of amides is 2. The predicted octanol–water partition coefficient (Wildman–Crippen LogP) is 5.81. The van der Waals surface area contributed by atoms with Gasteiger partial charge in [0.2, 0.25) is 5.88 Å². The molecule has 1 aromatic heterocycles. The molecule has 41 heavy (non-hydrogen) atoms. The van der Waals surface area contributed by atoms with Crippen LogP contribution in [0.5, 0.6) is 5.88 Å². The number of aromatic nitrogens is 2. The number of benzene rings is 3. The molecule has 4 fully saturated rings. The highest BCUT2D eigenvalue weighted by molar-refractivity contribution is 5.99. The van der Waals surface area contributed by atoms with E-state index in [-0.39, 0.29) is 11.0 Å². The minimum absolute atomic E-state index is 0.270. The van der Waals surface area contributed by atoms with Gasteiger partial charge in [0.25, 0.3) is 5.56 Å². The van der Waals surface area contributed by atoms with Crippen LogP contribution in [0, 0.1) is 24.7 Å². The lowest BCUT2D eigenvalue weighted by Crippen LogP contribution is -2.48. The summed E-state index contributed by atoms with van der Waals surface area (Å²) in [5.74, 6) is 1.96. The Morgan fingerprint density at radius 1 is 1.00 bits per heavy atom. The molecule has 0 aliphatic heterocycles. The highest BCUT2D eigenvalue weighted by Gasteiger charge is 2.51. The van der Waals surface area contributed by atoms with Crippen LogP contribution in [-0.4, -0.2) is 26.9 Å². The molecule has 2 amide bonds. The second-order valence-electron chi connectivity index (χ2n) is 12.2. The number of H-pyrrole nitrogens is 1. The number of hydrogen-bond acceptors (Lipinski definition) is 4. The molecule has 0 saturated heterocycles. The second-order valence-corrected chi connectivity index (χ2v) is 12.2. The van der Waals surface area contributed by atoms with Crippen molar-refractivity contribution in [3.63, 3.8) is 0 Å². The minimum Gasteiger partial charge on any atom is -0.493 e. The summed E-state index contributed by atoms with van der Waals surface area (Å²) >= 11 is 0. The first kappa shape index (κ1) is 25.5. The molecule has 4 saturated carbocycles. The maximum Gasteiger partial charge on any atom is 0.345 e. The van der Waals surface area contributed by atoms with Crippen LogP contribution >= 0.6 is 0 Å². The van der Waals surface area contributed by atoms with Crippen LogP contribution in [0.1, 0.15) is 55.2 Å². The molecule has 8 rings (SSSR count). The Bertz CT molecular complexity index is 1810. The number of hydrogen-bond donors (Lipinski definition) is 3. The largest absolute Gasteiger partial charge is 0.493 e. The van der Waals surface area contributed by atoms with E-state index < -0.39 is 23.2 Å². The van der Waals surface area contributed by atoms with Gasteiger partial charge in [0.1, 0.15) is 5.56 Å². The normalized spacial score (nSPS) is 24.8. The fraction of sp³-hybridized carbons (Fsp3) is 0.333. The van der Waals surface area contributed by atoms with E-state index >= 15 is 0 Å². The molecular formula is C33H32N4O4. The summed E-state index contributed by atoms with van der Waals surface area (Å²) in [4.78, 5) is 44.2. The van der Waals surface area contributed by atoms with Crippen LogP contribution in [-0.2, 0) is 5.41 Å². The standard InChI is InChI=1S/C33H32N4O4/c1-19-11-24(33-15-20-12-21(16-33)14-22(13-20)17-33)9-10-27(19)35-31(40)34-18-26-29(38)36-32(41)37(30(26)39)28-8-4-6-23-5-2-3-7-25(23)28/h2-11,18,20-22,39H,12-17H2,1H3,(H,35,40)(H,36,38,41). The van der Waals surface area contributed by atoms with Crippen molar-refractivity contribution in [1.29, 1.82) is 0 Å². The summed E-state index contributed by atoms with van der Waals surface area (Å²) in [5.41, 5.74) is 1.75. The van der Waals surface area contributed by atoms with Crippen molar-refractivity contribution >= 4 is 28.7 Å². The second kappa shape index (κ2) is 9.58. The maximum absolute atomic E-state index is 12.8. The Balaban J connectivity index is 1.14. The third-order valence-electron chi connectivity index (χ3n) is 9.56. The number of carbonyl (C=O) groups excluding carboxylic acids is 1. The van der Waals surface area contributed by atoms with E-state index in [4.69, 9.17) is 0 Å². The monoisotopic (exact) mass is 548 g/mol. The van der Waals surface area contributed by atoms with Crippen molar-refractivity contribution in [2.45, 2.75) is 50.9 Å². The van der Waals surface area contributed by atoms with Gasteiger partial charge in [-0.15, -0.1) is 0 Å². The smallest absolute Gasteiger partial charge is 0.345 e. The number of rotatable bonds is 4. The van der Waals surface area contributed by atoms with Gasteiger partial charge < -0.3 is 10.4 Å². The number of carbonyl (C=O) groups is 1. The van der Waals surface area contributed by atoms with Gasteiger partial charge in [-0.3, -0.25) is 9.78 Å². The average molecular weight is 549 g/mol. The molecule has 208 valence electrons. The lowest BCUT2D eigenvalue weighted by Gasteiger charge is -2.57. The summed E-state index contributed by atoms with van der Waals surface area (Å²) in [5, 5.41) is 15.4. The maximum atomic E-state index is 12.8. The summed E-state index contributed by atoms with van der Waals surface area (Å²) < 4.78 is 1.01. The van der Waals surface area contributed by atoms with Gasteiger partial charge in [0.05, 0.1) is 11.9 Å². The molecule has 1 heterocycles. The lowest BCUT2D eigenvalue weighted by atomic mass is 9.48. The Hall–Kier alpha value is -4.46. The first-order valence-electron chi connectivity index (χ1n) is 14.3. The topological polar surface area (TPSA) is 117 Å². The van der Waals surface area contributed by atoms with Crippen molar-refractivity contribution in [2.24, 2.45) is 22.7 Å². The summed E-state index contributed by atoms with van der Waals surface area (Å²) in [6, 6.07) is 18.3. The minimum atomic E-state index is -0.836. The SMILES string of the molecule is Cc1cc(C23CC4CC(CC(C4)C2)C3)ccc1NC(=O)N=Cc1c(O)n(-c2cccc3ccccc23)c(=O)[nH]c1=O. The lowest BCUT2D eigenvalue weighted by molar-refractivity contribution is -0.00520. The molecular weight excluding hydrogens is 516 g/mol. The number of aromatic amines is 1. The van der Waals surface area contributed by atoms with E-state index in [0.717, 1.165) is 39.5 Å². The van der Waals surface area contributed by atoms with Gasteiger partial charge in [-0.1, -0.05) is 48.5 Å². The van der Waals surface area contributed by atoms with E-state index in [1.807, 2.05) is 43.3 Å². The molecule has 8 nitrogen and oxygen atoms in total. The Kier molecular flexibility index (Phi) is 5.96. The van der Waals surface area contributed by atoms with E-state index in [2.05, 4.69) is 27.4 Å². The van der Waals surface area contributed by atoms with E-state index in [1.165, 1.54) is 44.1 Å². The first-order valence-corrected chi connectivity index (χ1v) is 14.3. The van der Waals surface area contributed by atoms with Crippen molar-refractivity contribution in [3.8, 4) is 11.6 Å². The molecule has 3 N–H and O–H groups in total. The van der Waals surface area contributed by atoms with Crippen molar-refractivity contribution < 1.29 is 9.90 Å². The van der Waals surface area contributed by atoms with Gasteiger partial charge in [0, 0.05) is 11.1 Å². The van der Waals surface area contributed by atoms with Crippen molar-refractivity contribution in [3.05, 3.63) is 98.2 Å². The molecule has 0 atom stereocenters. The zero-order valence-corrected chi connectivity index (χ0v) is 22.9. The molecule has 4 aromatic rings. The molecule has 0 radical (unpaired) electrons. The molecule has 4 bridgehead atoms. The zero-order valence-electron chi connectivity index (χ0n) is 22.9. The molecule has 4 aliphatic carbocycles. The van der Waals surface area contributed by atoms with Gasteiger partial charge in [0.15, 0.2) is 0 Å². The molecule has 0 spiro atoms. The van der Waals surface area contributed by atoms with Crippen LogP contribution in [0.15, 0.2) is 75.2 Å². The van der Waals surface area contributed by atoms with Crippen LogP contribution < -0.4 is 16.6 Å². The predicted molar refractivity (Wildman–Crippen MR) is 159 cm³/mol. The third kappa shape index (κ3) is 4.38. The van der Waals surface area contributed by atoms with E-state index in [9.17, 15) is 19.5 Å². The number of urea groups is 1. The van der Waals surface area contributed by atoms with Crippen LogP contribution in [0.4, 0.5) is 10.5 Å². The highest BCUT2D eigenvalue weighted by atomic mass is 16.3. The first-order chi connectivity index (χ1) is 19.8. The quantitative estimate of drug-likeness (QED) is 0.279. The van der Waals surface area contributed by atoms with E-state index in [0.29, 0.717) is 16.8 Å². The Labute approximate surface area is 236 Å². The molecule has 0 unspecified atom stereocenters. The summed E-state index contributed by atoms with van der Waals surface area (Å²) in [6.07, 6.45) is 8.98. The third-order valence-corrected chi connectivity index (χ3v) is 9.56. The summed E-state index contributed by atoms with van der Waals surface area (Å²) in [7, 11) is 0. The van der Waals surface area contributed by atoms with Crippen molar-refractivity contribution in [1.82, 2.24) is 9.55 Å². The van der Waals surface area contributed by atoms with Crippen LogP contribution in [0.2, 0.25) is 0 Å². The van der Waals surface area contributed by atoms with Crippen LogP contribution in [0.25, 0.3) is 16.5 Å². The number of aliphatic imine (C=N–C) groups is 1. The van der Waals surface area contributed by atoms with Crippen molar-refractivity contribution in [2.75, 3.05) is 5.32 Å².